The predicted molar refractivity (Wildman–Crippen MR) is 76.5 cm³/mol. The molecule has 1 aromatic rings. The lowest BCUT2D eigenvalue weighted by Gasteiger charge is -2.25. The third kappa shape index (κ3) is 3.49. The van der Waals surface area contributed by atoms with Gasteiger partial charge in [0.1, 0.15) is 5.75 Å². The minimum Gasteiger partial charge on any atom is -0.496 e. The minimum absolute atomic E-state index is 0.0456. The Balaban J connectivity index is 3.40. The molecule has 0 aliphatic carbocycles. The standard InChI is InChI=1S/C16H26O2/c1-7-12-9-13(8-11(2)17)15(18-6)14(10-12)16(3,4)5/h9-11,17H,7-8H2,1-6H3. The number of methoxy groups -OCH3 is 1. The summed E-state index contributed by atoms with van der Waals surface area (Å²) in [5.41, 5.74) is 3.68. The number of hydrogen-bond donors (Lipinski definition) is 1. The van der Waals surface area contributed by atoms with Gasteiger partial charge in [0.2, 0.25) is 0 Å². The second-order valence-electron chi connectivity index (χ2n) is 5.99. The molecular formula is C16H26O2. The summed E-state index contributed by atoms with van der Waals surface area (Å²) >= 11 is 0. The monoisotopic (exact) mass is 250 g/mol. The Labute approximate surface area is 111 Å². The Morgan fingerprint density at radius 3 is 2.28 bits per heavy atom. The largest absolute Gasteiger partial charge is 0.496 e. The molecule has 1 unspecified atom stereocenters. The average molecular weight is 250 g/mol. The highest BCUT2D eigenvalue weighted by Gasteiger charge is 2.22. The first-order valence-corrected chi connectivity index (χ1v) is 6.68. The van der Waals surface area contributed by atoms with Crippen molar-refractivity contribution in [3.63, 3.8) is 0 Å². The summed E-state index contributed by atoms with van der Waals surface area (Å²) in [4.78, 5) is 0. The highest BCUT2D eigenvalue weighted by Crippen LogP contribution is 2.36. The van der Waals surface area contributed by atoms with E-state index in [2.05, 4.69) is 39.8 Å². The van der Waals surface area contributed by atoms with Crippen LogP contribution in [-0.4, -0.2) is 18.3 Å². The van der Waals surface area contributed by atoms with Crippen LogP contribution in [0.4, 0.5) is 0 Å². The lowest BCUT2D eigenvalue weighted by Crippen LogP contribution is -2.16. The van der Waals surface area contributed by atoms with E-state index in [4.69, 9.17) is 4.74 Å². The van der Waals surface area contributed by atoms with Gasteiger partial charge >= 0.3 is 0 Å². The van der Waals surface area contributed by atoms with Gasteiger partial charge in [-0.25, -0.2) is 0 Å². The number of aliphatic hydroxyl groups is 1. The molecule has 0 heterocycles. The Bertz CT molecular complexity index is 400. The third-order valence-corrected chi connectivity index (χ3v) is 3.16. The van der Waals surface area contributed by atoms with Crippen molar-refractivity contribution in [2.24, 2.45) is 0 Å². The van der Waals surface area contributed by atoms with Crippen molar-refractivity contribution in [1.29, 1.82) is 0 Å². The highest BCUT2D eigenvalue weighted by molar-refractivity contribution is 5.48. The Morgan fingerprint density at radius 2 is 1.89 bits per heavy atom. The van der Waals surface area contributed by atoms with Gasteiger partial charge in [-0.2, -0.15) is 0 Å². The van der Waals surface area contributed by atoms with E-state index >= 15 is 0 Å². The van der Waals surface area contributed by atoms with Crippen molar-refractivity contribution < 1.29 is 9.84 Å². The van der Waals surface area contributed by atoms with Crippen LogP contribution in [0.3, 0.4) is 0 Å². The molecule has 0 saturated carbocycles. The molecule has 2 nitrogen and oxygen atoms in total. The summed E-state index contributed by atoms with van der Waals surface area (Å²) in [6.45, 7) is 10.5. The van der Waals surface area contributed by atoms with E-state index in [0.29, 0.717) is 6.42 Å². The van der Waals surface area contributed by atoms with Crippen LogP contribution in [0.25, 0.3) is 0 Å². The van der Waals surface area contributed by atoms with E-state index in [1.54, 1.807) is 7.11 Å². The van der Waals surface area contributed by atoms with Gasteiger partial charge in [0.05, 0.1) is 13.2 Å². The zero-order chi connectivity index (χ0) is 13.9. The first-order chi connectivity index (χ1) is 8.29. The van der Waals surface area contributed by atoms with Crippen molar-refractivity contribution in [3.8, 4) is 5.75 Å². The van der Waals surface area contributed by atoms with E-state index in [9.17, 15) is 5.11 Å². The molecule has 0 aliphatic rings. The molecule has 0 radical (unpaired) electrons. The van der Waals surface area contributed by atoms with Gasteiger partial charge in [-0.15, -0.1) is 0 Å². The van der Waals surface area contributed by atoms with Gasteiger partial charge in [-0.05, 0) is 29.9 Å². The molecule has 2 heteroatoms. The van der Waals surface area contributed by atoms with Gasteiger partial charge in [0, 0.05) is 12.0 Å². The van der Waals surface area contributed by atoms with E-state index in [1.165, 1.54) is 11.1 Å². The third-order valence-electron chi connectivity index (χ3n) is 3.16. The maximum Gasteiger partial charge on any atom is 0.125 e. The molecule has 0 fully saturated rings. The summed E-state index contributed by atoms with van der Waals surface area (Å²) in [5.74, 6) is 0.931. The Kier molecular flexibility index (Phi) is 4.80. The number of rotatable bonds is 4. The van der Waals surface area contributed by atoms with E-state index < -0.39 is 0 Å². The van der Waals surface area contributed by atoms with Gasteiger partial charge in [0.25, 0.3) is 0 Å². The van der Waals surface area contributed by atoms with Crippen molar-refractivity contribution in [1.82, 2.24) is 0 Å². The molecular weight excluding hydrogens is 224 g/mol. The van der Waals surface area contributed by atoms with Crippen LogP contribution < -0.4 is 4.74 Å². The molecule has 0 amide bonds. The first kappa shape index (κ1) is 15.0. The number of ether oxygens (including phenoxy) is 1. The van der Waals surface area contributed by atoms with Crippen molar-refractivity contribution in [3.05, 3.63) is 28.8 Å². The smallest absolute Gasteiger partial charge is 0.125 e. The van der Waals surface area contributed by atoms with Crippen LogP contribution in [0.5, 0.6) is 5.75 Å². The van der Waals surface area contributed by atoms with E-state index in [-0.39, 0.29) is 11.5 Å². The fourth-order valence-corrected chi connectivity index (χ4v) is 2.23. The normalized spacial score (nSPS) is 13.5. The van der Waals surface area contributed by atoms with Gasteiger partial charge in [-0.1, -0.05) is 39.8 Å². The van der Waals surface area contributed by atoms with Gasteiger partial charge in [0.15, 0.2) is 0 Å². The average Bonchev–Trinajstić information content (AvgIpc) is 2.25. The summed E-state index contributed by atoms with van der Waals surface area (Å²) in [7, 11) is 1.71. The molecule has 0 spiro atoms. The quantitative estimate of drug-likeness (QED) is 0.886. The SMILES string of the molecule is CCc1cc(CC(C)O)c(OC)c(C(C)(C)C)c1. The van der Waals surface area contributed by atoms with Crippen LogP contribution in [0.15, 0.2) is 12.1 Å². The molecule has 18 heavy (non-hydrogen) atoms. The Morgan fingerprint density at radius 1 is 1.28 bits per heavy atom. The van der Waals surface area contributed by atoms with E-state index in [1.807, 2.05) is 6.92 Å². The lowest BCUT2D eigenvalue weighted by molar-refractivity contribution is 0.194. The van der Waals surface area contributed by atoms with Crippen molar-refractivity contribution in [2.45, 2.75) is 59.0 Å². The van der Waals surface area contributed by atoms with Crippen molar-refractivity contribution >= 4 is 0 Å². The zero-order valence-corrected chi connectivity index (χ0v) is 12.5. The van der Waals surface area contributed by atoms with Crippen molar-refractivity contribution in [2.75, 3.05) is 7.11 Å². The minimum atomic E-state index is -0.348. The molecule has 0 saturated heterocycles. The number of aliphatic hydroxyl groups excluding tert-OH is 1. The summed E-state index contributed by atoms with van der Waals surface area (Å²) in [6, 6.07) is 4.38. The zero-order valence-electron chi connectivity index (χ0n) is 12.5. The predicted octanol–water partition coefficient (Wildman–Crippen LogP) is 3.48. The second kappa shape index (κ2) is 5.75. The van der Waals surface area contributed by atoms with Gasteiger partial charge < -0.3 is 9.84 Å². The lowest BCUT2D eigenvalue weighted by atomic mass is 9.83. The fourth-order valence-electron chi connectivity index (χ4n) is 2.23. The molecule has 0 aliphatic heterocycles. The summed E-state index contributed by atoms with van der Waals surface area (Å²) < 4.78 is 5.59. The molecule has 1 aromatic carbocycles. The Hall–Kier alpha value is -1.02. The van der Waals surface area contributed by atoms with Crippen LogP contribution in [0.2, 0.25) is 0 Å². The van der Waals surface area contributed by atoms with Crippen LogP contribution in [0, 0.1) is 0 Å². The molecule has 0 aromatic heterocycles. The summed E-state index contributed by atoms with van der Waals surface area (Å²) in [6.07, 6.45) is 1.29. The first-order valence-electron chi connectivity index (χ1n) is 6.68. The fraction of sp³-hybridized carbons (Fsp3) is 0.625. The molecule has 102 valence electrons. The van der Waals surface area contributed by atoms with Crippen LogP contribution in [0.1, 0.15) is 51.3 Å². The van der Waals surface area contributed by atoms with Crippen LogP contribution >= 0.6 is 0 Å². The molecule has 0 bridgehead atoms. The number of hydrogen-bond acceptors (Lipinski definition) is 2. The highest BCUT2D eigenvalue weighted by atomic mass is 16.5. The number of aryl methyl sites for hydroxylation is 1. The number of benzene rings is 1. The summed E-state index contributed by atoms with van der Waals surface area (Å²) in [5, 5.41) is 9.63. The maximum atomic E-state index is 9.63. The van der Waals surface area contributed by atoms with Gasteiger partial charge in [-0.3, -0.25) is 0 Å². The molecule has 1 atom stereocenters. The second-order valence-corrected chi connectivity index (χ2v) is 5.99. The van der Waals surface area contributed by atoms with Crippen LogP contribution in [-0.2, 0) is 18.3 Å². The molecule has 1 N–H and O–H groups in total. The van der Waals surface area contributed by atoms with E-state index in [0.717, 1.165) is 17.7 Å². The maximum absolute atomic E-state index is 9.63. The molecule has 1 rings (SSSR count). The topological polar surface area (TPSA) is 29.5 Å².